The molecule has 1 saturated heterocycles. The summed E-state index contributed by atoms with van der Waals surface area (Å²) in [6, 6.07) is 0.225. The molecule has 1 aliphatic rings. The molecular weight excluding hydrogens is 196 g/mol. The summed E-state index contributed by atoms with van der Waals surface area (Å²) >= 11 is 1.79. The Bertz CT molecular complexity index is 292. The Kier molecular flexibility index (Phi) is 3.15. The van der Waals surface area contributed by atoms with Crippen molar-refractivity contribution < 1.29 is 4.74 Å². The third-order valence-electron chi connectivity index (χ3n) is 2.37. The Balaban J connectivity index is 2.01. The standard InChI is InChI=1S/C10H16N2OS/c1-7(11)4-9-5-12-10(14-9)8-2-3-13-6-8/h5,7-8H,2-4,6,11H2,1H3. The van der Waals surface area contributed by atoms with Crippen molar-refractivity contribution in [1.82, 2.24) is 4.98 Å². The number of aromatic nitrogens is 1. The van der Waals surface area contributed by atoms with Crippen molar-refractivity contribution in [2.75, 3.05) is 13.2 Å². The zero-order valence-corrected chi connectivity index (χ0v) is 9.22. The predicted molar refractivity (Wildman–Crippen MR) is 57.6 cm³/mol. The Morgan fingerprint density at radius 2 is 2.64 bits per heavy atom. The van der Waals surface area contributed by atoms with E-state index in [0.29, 0.717) is 5.92 Å². The van der Waals surface area contributed by atoms with E-state index in [1.807, 2.05) is 13.1 Å². The van der Waals surface area contributed by atoms with Crippen LogP contribution < -0.4 is 5.73 Å². The van der Waals surface area contributed by atoms with E-state index in [1.54, 1.807) is 11.3 Å². The van der Waals surface area contributed by atoms with E-state index in [4.69, 9.17) is 10.5 Å². The van der Waals surface area contributed by atoms with Gasteiger partial charge in [0.25, 0.3) is 0 Å². The van der Waals surface area contributed by atoms with Crippen LogP contribution >= 0.6 is 11.3 Å². The number of thiazole rings is 1. The number of hydrogen-bond acceptors (Lipinski definition) is 4. The molecule has 2 atom stereocenters. The Hall–Kier alpha value is -0.450. The van der Waals surface area contributed by atoms with Crippen molar-refractivity contribution in [3.63, 3.8) is 0 Å². The average molecular weight is 212 g/mol. The summed E-state index contributed by atoms with van der Waals surface area (Å²) in [4.78, 5) is 5.73. The van der Waals surface area contributed by atoms with Crippen molar-refractivity contribution in [2.24, 2.45) is 5.73 Å². The molecule has 0 spiro atoms. The van der Waals surface area contributed by atoms with Crippen molar-refractivity contribution in [2.45, 2.75) is 31.7 Å². The lowest BCUT2D eigenvalue weighted by Crippen LogP contribution is -2.16. The van der Waals surface area contributed by atoms with Crippen LogP contribution in [0, 0.1) is 0 Å². The molecule has 1 fully saturated rings. The molecule has 2 unspecified atom stereocenters. The summed E-state index contributed by atoms with van der Waals surface area (Å²) < 4.78 is 5.34. The van der Waals surface area contributed by atoms with Crippen LogP contribution in [0.25, 0.3) is 0 Å². The lowest BCUT2D eigenvalue weighted by atomic mass is 10.1. The highest BCUT2D eigenvalue weighted by atomic mass is 32.1. The highest BCUT2D eigenvalue weighted by Crippen LogP contribution is 2.28. The first-order chi connectivity index (χ1) is 6.75. The lowest BCUT2D eigenvalue weighted by Gasteiger charge is -2.01. The molecule has 0 saturated carbocycles. The summed E-state index contributed by atoms with van der Waals surface area (Å²) in [6.45, 7) is 3.75. The normalized spacial score (nSPS) is 24.0. The fourth-order valence-electron chi connectivity index (χ4n) is 1.65. The maximum absolute atomic E-state index is 5.74. The van der Waals surface area contributed by atoms with Crippen LogP contribution in [0.5, 0.6) is 0 Å². The van der Waals surface area contributed by atoms with E-state index in [2.05, 4.69) is 4.98 Å². The molecule has 2 rings (SSSR count). The number of nitrogens with two attached hydrogens (primary N) is 1. The van der Waals surface area contributed by atoms with Gasteiger partial charge in [0.15, 0.2) is 0 Å². The second-order valence-corrected chi connectivity index (χ2v) is 5.05. The zero-order chi connectivity index (χ0) is 9.97. The topological polar surface area (TPSA) is 48.1 Å². The van der Waals surface area contributed by atoms with Gasteiger partial charge in [-0.25, -0.2) is 4.98 Å². The average Bonchev–Trinajstić information content (AvgIpc) is 2.69. The van der Waals surface area contributed by atoms with Gasteiger partial charge in [-0.1, -0.05) is 0 Å². The van der Waals surface area contributed by atoms with E-state index in [9.17, 15) is 0 Å². The van der Waals surface area contributed by atoms with Gasteiger partial charge in [-0.2, -0.15) is 0 Å². The second-order valence-electron chi connectivity index (χ2n) is 3.91. The maximum atomic E-state index is 5.74. The van der Waals surface area contributed by atoms with Crippen molar-refractivity contribution in [3.05, 3.63) is 16.1 Å². The van der Waals surface area contributed by atoms with Gasteiger partial charge in [-0.15, -0.1) is 11.3 Å². The van der Waals surface area contributed by atoms with Crippen LogP contribution in [0.15, 0.2) is 6.20 Å². The molecule has 3 nitrogen and oxygen atoms in total. The highest BCUT2D eigenvalue weighted by Gasteiger charge is 2.20. The summed E-state index contributed by atoms with van der Waals surface area (Å²) in [7, 11) is 0. The molecule has 0 radical (unpaired) electrons. The van der Waals surface area contributed by atoms with E-state index < -0.39 is 0 Å². The second kappa shape index (κ2) is 4.38. The minimum Gasteiger partial charge on any atom is -0.381 e. The van der Waals surface area contributed by atoms with E-state index >= 15 is 0 Å². The molecule has 2 N–H and O–H groups in total. The first-order valence-electron chi connectivity index (χ1n) is 5.03. The zero-order valence-electron chi connectivity index (χ0n) is 8.40. The fourth-order valence-corrected chi connectivity index (χ4v) is 2.83. The first kappa shape index (κ1) is 10.1. The van der Waals surface area contributed by atoms with Gasteiger partial charge in [-0.3, -0.25) is 0 Å². The smallest absolute Gasteiger partial charge is 0.0982 e. The van der Waals surface area contributed by atoms with Crippen LogP contribution in [-0.4, -0.2) is 24.2 Å². The Morgan fingerprint density at radius 1 is 1.79 bits per heavy atom. The van der Waals surface area contributed by atoms with Gasteiger partial charge in [0, 0.05) is 29.6 Å². The lowest BCUT2D eigenvalue weighted by molar-refractivity contribution is 0.194. The van der Waals surface area contributed by atoms with Gasteiger partial charge < -0.3 is 10.5 Å². The van der Waals surface area contributed by atoms with Crippen LogP contribution in [0.4, 0.5) is 0 Å². The predicted octanol–water partition coefficient (Wildman–Crippen LogP) is 1.54. The summed E-state index contributed by atoms with van der Waals surface area (Å²) in [6.07, 6.45) is 4.01. The molecule has 0 bridgehead atoms. The van der Waals surface area contributed by atoms with Gasteiger partial charge >= 0.3 is 0 Å². The van der Waals surface area contributed by atoms with Crippen molar-refractivity contribution in [1.29, 1.82) is 0 Å². The number of nitrogens with zero attached hydrogens (tertiary/aromatic N) is 1. The van der Waals surface area contributed by atoms with E-state index in [0.717, 1.165) is 26.1 Å². The quantitative estimate of drug-likeness (QED) is 0.826. The van der Waals surface area contributed by atoms with Crippen LogP contribution in [0.1, 0.15) is 29.1 Å². The number of ether oxygens (including phenoxy) is 1. The highest BCUT2D eigenvalue weighted by molar-refractivity contribution is 7.11. The van der Waals surface area contributed by atoms with Crippen molar-refractivity contribution >= 4 is 11.3 Å². The molecule has 14 heavy (non-hydrogen) atoms. The van der Waals surface area contributed by atoms with Gasteiger partial charge in [0.1, 0.15) is 0 Å². The summed E-state index contributed by atoms with van der Waals surface area (Å²) in [5.74, 6) is 0.529. The molecule has 2 heterocycles. The molecule has 78 valence electrons. The van der Waals surface area contributed by atoms with E-state index in [1.165, 1.54) is 9.88 Å². The fraction of sp³-hybridized carbons (Fsp3) is 0.700. The summed E-state index contributed by atoms with van der Waals surface area (Å²) in [5, 5.41) is 1.22. The molecule has 1 aromatic heterocycles. The van der Waals surface area contributed by atoms with Crippen molar-refractivity contribution in [3.8, 4) is 0 Å². The van der Waals surface area contributed by atoms with Crippen LogP contribution in [0.2, 0.25) is 0 Å². The van der Waals surface area contributed by atoms with Gasteiger partial charge in [0.2, 0.25) is 0 Å². The SMILES string of the molecule is CC(N)Cc1cnc(C2CCOC2)s1. The van der Waals surface area contributed by atoms with Gasteiger partial charge in [-0.05, 0) is 19.8 Å². The molecule has 4 heteroatoms. The molecule has 0 aromatic carbocycles. The third kappa shape index (κ3) is 2.32. The molecule has 0 aliphatic carbocycles. The maximum Gasteiger partial charge on any atom is 0.0982 e. The first-order valence-corrected chi connectivity index (χ1v) is 5.85. The number of rotatable bonds is 3. The molecule has 1 aromatic rings. The monoisotopic (exact) mass is 212 g/mol. The van der Waals surface area contributed by atoms with Gasteiger partial charge in [0.05, 0.1) is 11.6 Å². The summed E-state index contributed by atoms with van der Waals surface area (Å²) in [5.41, 5.74) is 5.74. The minimum atomic E-state index is 0.225. The number of hydrogen-bond donors (Lipinski definition) is 1. The Labute approximate surface area is 88.3 Å². The molecule has 1 aliphatic heterocycles. The van der Waals surface area contributed by atoms with E-state index in [-0.39, 0.29) is 6.04 Å². The van der Waals surface area contributed by atoms with Crippen LogP contribution in [0.3, 0.4) is 0 Å². The van der Waals surface area contributed by atoms with Crippen LogP contribution in [-0.2, 0) is 11.2 Å². The minimum absolute atomic E-state index is 0.225. The molecule has 0 amide bonds. The Morgan fingerprint density at radius 3 is 3.29 bits per heavy atom. The molecular formula is C10H16N2OS. The largest absolute Gasteiger partial charge is 0.381 e. The third-order valence-corrected chi connectivity index (χ3v) is 3.56.